The van der Waals surface area contributed by atoms with Crippen LogP contribution in [0.5, 0.6) is 11.5 Å². The fraction of sp³-hybridized carbons (Fsp3) is 0.167. The van der Waals surface area contributed by atoms with E-state index < -0.39 is 0 Å². The SMILES string of the molecule is CCC(C)(c1ccc(O)c2ccccc12)c1ccc(O)c2ccccc12. The lowest BCUT2D eigenvalue weighted by molar-refractivity contribution is 0.480. The minimum Gasteiger partial charge on any atom is -0.507 e. The van der Waals surface area contributed by atoms with Gasteiger partial charge in [-0.05, 0) is 40.5 Å². The molecule has 0 aliphatic heterocycles. The maximum atomic E-state index is 10.3. The van der Waals surface area contributed by atoms with Gasteiger partial charge in [-0.1, -0.05) is 74.5 Å². The third kappa shape index (κ3) is 2.33. The summed E-state index contributed by atoms with van der Waals surface area (Å²) in [5.74, 6) is 0.608. The van der Waals surface area contributed by atoms with Gasteiger partial charge in [0.2, 0.25) is 0 Å². The maximum Gasteiger partial charge on any atom is 0.123 e. The van der Waals surface area contributed by atoms with Crippen LogP contribution in [0.4, 0.5) is 0 Å². The Hall–Kier alpha value is -3.00. The fourth-order valence-electron chi connectivity index (χ4n) is 4.05. The molecule has 0 unspecified atom stereocenters. The van der Waals surface area contributed by atoms with E-state index in [2.05, 4.69) is 26.0 Å². The smallest absolute Gasteiger partial charge is 0.123 e. The van der Waals surface area contributed by atoms with Crippen LogP contribution in [0.1, 0.15) is 31.4 Å². The molecule has 0 aliphatic carbocycles. The Bertz CT molecular complexity index is 1030. The van der Waals surface area contributed by atoms with Crippen LogP contribution >= 0.6 is 0 Å². The van der Waals surface area contributed by atoms with Gasteiger partial charge >= 0.3 is 0 Å². The molecular formula is C24H22O2. The molecule has 0 aromatic heterocycles. The van der Waals surface area contributed by atoms with Gasteiger partial charge in [-0.15, -0.1) is 0 Å². The van der Waals surface area contributed by atoms with E-state index in [1.807, 2.05) is 48.5 Å². The molecule has 0 fully saturated rings. The highest BCUT2D eigenvalue weighted by Gasteiger charge is 2.31. The van der Waals surface area contributed by atoms with Gasteiger partial charge in [0, 0.05) is 16.2 Å². The number of hydrogen-bond acceptors (Lipinski definition) is 2. The number of phenolic OH excluding ortho intramolecular Hbond substituents is 2. The highest BCUT2D eigenvalue weighted by Crippen LogP contribution is 2.44. The third-order valence-electron chi connectivity index (χ3n) is 5.70. The van der Waals surface area contributed by atoms with Gasteiger partial charge in [-0.3, -0.25) is 0 Å². The maximum absolute atomic E-state index is 10.3. The van der Waals surface area contributed by atoms with E-state index in [0.717, 1.165) is 28.0 Å². The number of aromatic hydroxyl groups is 2. The highest BCUT2D eigenvalue weighted by atomic mass is 16.3. The van der Waals surface area contributed by atoms with Gasteiger partial charge in [0.15, 0.2) is 0 Å². The van der Waals surface area contributed by atoms with Crippen molar-refractivity contribution in [2.24, 2.45) is 0 Å². The predicted molar refractivity (Wildman–Crippen MR) is 108 cm³/mol. The van der Waals surface area contributed by atoms with E-state index in [0.29, 0.717) is 11.5 Å². The summed E-state index contributed by atoms with van der Waals surface area (Å²) in [6.45, 7) is 4.42. The second-order valence-corrected chi connectivity index (χ2v) is 7.04. The molecule has 130 valence electrons. The Morgan fingerprint density at radius 2 is 1.00 bits per heavy atom. The molecule has 4 aromatic carbocycles. The van der Waals surface area contributed by atoms with Crippen molar-refractivity contribution >= 4 is 21.5 Å². The molecule has 2 heteroatoms. The molecule has 4 rings (SSSR count). The lowest BCUT2D eigenvalue weighted by Crippen LogP contribution is -2.23. The minimum absolute atomic E-state index is 0.249. The van der Waals surface area contributed by atoms with Crippen LogP contribution in [0.3, 0.4) is 0 Å². The molecule has 4 aromatic rings. The van der Waals surface area contributed by atoms with Crippen LogP contribution in [-0.4, -0.2) is 10.2 Å². The molecule has 0 amide bonds. The predicted octanol–water partition coefficient (Wildman–Crippen LogP) is 6.12. The molecule has 0 heterocycles. The number of benzene rings is 4. The molecule has 0 spiro atoms. The minimum atomic E-state index is -0.249. The number of hydrogen-bond donors (Lipinski definition) is 2. The molecular weight excluding hydrogens is 320 g/mol. The summed E-state index contributed by atoms with van der Waals surface area (Å²) in [5, 5.41) is 24.4. The lowest BCUT2D eigenvalue weighted by atomic mass is 9.71. The standard InChI is InChI=1S/C24H22O2/c1-3-24(2,20-12-14-22(25)18-10-6-4-8-16(18)20)21-13-15-23(26)19-11-7-5-9-17(19)21/h4-15,25-26H,3H2,1-2H3. The summed E-state index contributed by atoms with van der Waals surface area (Å²) in [6.07, 6.45) is 0.899. The monoisotopic (exact) mass is 342 g/mol. The first-order valence-corrected chi connectivity index (χ1v) is 8.98. The molecule has 0 bridgehead atoms. The van der Waals surface area contributed by atoms with Gasteiger partial charge < -0.3 is 10.2 Å². The lowest BCUT2D eigenvalue weighted by Gasteiger charge is -2.32. The summed E-state index contributed by atoms with van der Waals surface area (Å²) < 4.78 is 0. The van der Waals surface area contributed by atoms with Gasteiger partial charge in [0.25, 0.3) is 0 Å². The Balaban J connectivity index is 2.07. The van der Waals surface area contributed by atoms with Crippen molar-refractivity contribution < 1.29 is 10.2 Å². The largest absolute Gasteiger partial charge is 0.507 e. The van der Waals surface area contributed by atoms with Gasteiger partial charge in [0.1, 0.15) is 11.5 Å². The van der Waals surface area contributed by atoms with E-state index in [1.165, 1.54) is 11.1 Å². The molecule has 0 radical (unpaired) electrons. The van der Waals surface area contributed by atoms with E-state index in [-0.39, 0.29) is 5.41 Å². The first-order chi connectivity index (χ1) is 12.6. The van der Waals surface area contributed by atoms with Crippen LogP contribution in [0.15, 0.2) is 72.8 Å². The Kier molecular flexibility index (Phi) is 3.84. The summed E-state index contributed by atoms with van der Waals surface area (Å²) in [4.78, 5) is 0. The van der Waals surface area contributed by atoms with Crippen molar-refractivity contribution in [3.8, 4) is 11.5 Å². The fourth-order valence-corrected chi connectivity index (χ4v) is 4.05. The van der Waals surface area contributed by atoms with E-state index in [4.69, 9.17) is 0 Å². The van der Waals surface area contributed by atoms with Crippen LogP contribution < -0.4 is 0 Å². The third-order valence-corrected chi connectivity index (χ3v) is 5.70. The molecule has 26 heavy (non-hydrogen) atoms. The van der Waals surface area contributed by atoms with Crippen molar-refractivity contribution in [3.63, 3.8) is 0 Å². The summed E-state index contributed by atoms with van der Waals surface area (Å²) >= 11 is 0. The van der Waals surface area contributed by atoms with Crippen molar-refractivity contribution in [2.45, 2.75) is 25.7 Å². The number of fused-ring (bicyclic) bond motifs is 2. The van der Waals surface area contributed by atoms with Gasteiger partial charge in [-0.2, -0.15) is 0 Å². The average Bonchev–Trinajstić information content (AvgIpc) is 2.68. The van der Waals surface area contributed by atoms with Crippen LogP contribution in [0, 0.1) is 0 Å². The second-order valence-electron chi connectivity index (χ2n) is 7.04. The first kappa shape index (κ1) is 16.5. The summed E-state index contributed by atoms with van der Waals surface area (Å²) in [5.41, 5.74) is 2.12. The first-order valence-electron chi connectivity index (χ1n) is 8.98. The van der Waals surface area contributed by atoms with Crippen molar-refractivity contribution in [3.05, 3.63) is 83.9 Å². The Morgan fingerprint density at radius 1 is 0.615 bits per heavy atom. The molecule has 0 atom stereocenters. The van der Waals surface area contributed by atoms with Gasteiger partial charge in [-0.25, -0.2) is 0 Å². The molecule has 0 saturated carbocycles. The van der Waals surface area contributed by atoms with Crippen molar-refractivity contribution in [1.29, 1.82) is 0 Å². The van der Waals surface area contributed by atoms with E-state index in [1.54, 1.807) is 12.1 Å². The van der Waals surface area contributed by atoms with Crippen LogP contribution in [0.25, 0.3) is 21.5 Å². The highest BCUT2D eigenvalue weighted by molar-refractivity contribution is 5.95. The second kappa shape index (κ2) is 6.06. The zero-order chi connectivity index (χ0) is 18.3. The topological polar surface area (TPSA) is 40.5 Å². The van der Waals surface area contributed by atoms with Crippen molar-refractivity contribution in [2.75, 3.05) is 0 Å². The van der Waals surface area contributed by atoms with Gasteiger partial charge in [0.05, 0.1) is 0 Å². The number of phenols is 2. The molecule has 0 saturated heterocycles. The Morgan fingerprint density at radius 3 is 1.38 bits per heavy atom. The average molecular weight is 342 g/mol. The van der Waals surface area contributed by atoms with Crippen LogP contribution in [-0.2, 0) is 5.41 Å². The zero-order valence-corrected chi connectivity index (χ0v) is 15.0. The Labute approximate surface area is 153 Å². The molecule has 2 nitrogen and oxygen atoms in total. The van der Waals surface area contributed by atoms with E-state index in [9.17, 15) is 10.2 Å². The quantitative estimate of drug-likeness (QED) is 0.471. The molecule has 2 N–H and O–H groups in total. The zero-order valence-electron chi connectivity index (χ0n) is 15.0. The summed E-state index contributed by atoms with van der Waals surface area (Å²) in [6, 6.07) is 23.6. The number of rotatable bonds is 3. The van der Waals surface area contributed by atoms with Crippen molar-refractivity contribution in [1.82, 2.24) is 0 Å². The van der Waals surface area contributed by atoms with Crippen LogP contribution in [0.2, 0.25) is 0 Å². The molecule has 0 aliphatic rings. The summed E-state index contributed by atoms with van der Waals surface area (Å²) in [7, 11) is 0. The van der Waals surface area contributed by atoms with E-state index >= 15 is 0 Å². The normalized spacial score (nSPS) is 11.9.